The van der Waals surface area contributed by atoms with E-state index < -0.39 is 0 Å². The van der Waals surface area contributed by atoms with Crippen molar-refractivity contribution < 1.29 is 13.9 Å². The second-order valence-corrected chi connectivity index (χ2v) is 5.10. The van der Waals surface area contributed by atoms with Gasteiger partial charge in [-0.05, 0) is 18.6 Å². The number of pyridine rings is 1. The monoisotopic (exact) mass is 308 g/mol. The molecule has 0 spiro atoms. The van der Waals surface area contributed by atoms with Gasteiger partial charge in [0.25, 0.3) is 0 Å². The lowest BCUT2D eigenvalue weighted by Crippen LogP contribution is -2.11. The van der Waals surface area contributed by atoms with Crippen molar-refractivity contribution in [2.75, 3.05) is 12.1 Å². The van der Waals surface area contributed by atoms with E-state index in [1.807, 2.05) is 6.92 Å². The third-order valence-corrected chi connectivity index (χ3v) is 3.62. The molecule has 2 heterocycles. The molecule has 3 rings (SSSR count). The first-order chi connectivity index (χ1) is 10.2. The van der Waals surface area contributed by atoms with E-state index >= 15 is 0 Å². The normalized spacial score (nSPS) is 14.0. The average Bonchev–Trinajstić information content (AvgIpc) is 2.93. The number of fused-ring (bicyclic) bond motifs is 1. The van der Waals surface area contributed by atoms with E-state index in [2.05, 4.69) is 10.3 Å². The molecule has 0 aliphatic carbocycles. The minimum atomic E-state index is -0.352. The van der Waals surface area contributed by atoms with Gasteiger partial charge in [-0.1, -0.05) is 18.5 Å². The minimum absolute atomic E-state index is 0.0662. The van der Waals surface area contributed by atoms with Crippen molar-refractivity contribution in [3.05, 3.63) is 47.0 Å². The maximum atomic E-state index is 13.0. The Morgan fingerprint density at radius 1 is 1.33 bits per heavy atom. The predicted molar refractivity (Wildman–Crippen MR) is 78.4 cm³/mol. The second kappa shape index (κ2) is 5.77. The molecular weight excluding hydrogens is 295 g/mol. The van der Waals surface area contributed by atoms with Crippen LogP contribution in [0.1, 0.15) is 25.1 Å². The SMILES string of the molecule is CCC(Nc1cc2c(cc1Cl)OCO2)c1ccc(F)cn1. The largest absolute Gasteiger partial charge is 0.454 e. The topological polar surface area (TPSA) is 43.4 Å². The van der Waals surface area contributed by atoms with Crippen LogP contribution in [0, 0.1) is 5.82 Å². The van der Waals surface area contributed by atoms with Crippen molar-refractivity contribution in [1.29, 1.82) is 0 Å². The van der Waals surface area contributed by atoms with Gasteiger partial charge >= 0.3 is 0 Å². The molecule has 1 unspecified atom stereocenters. The average molecular weight is 309 g/mol. The van der Waals surface area contributed by atoms with Gasteiger partial charge in [0.1, 0.15) is 5.82 Å². The Kier molecular flexibility index (Phi) is 3.84. The summed E-state index contributed by atoms with van der Waals surface area (Å²) in [6.07, 6.45) is 1.99. The van der Waals surface area contributed by atoms with Gasteiger partial charge in [0.15, 0.2) is 11.5 Å². The Balaban J connectivity index is 1.85. The van der Waals surface area contributed by atoms with Crippen molar-refractivity contribution in [2.24, 2.45) is 0 Å². The fourth-order valence-corrected chi connectivity index (χ4v) is 2.40. The maximum Gasteiger partial charge on any atom is 0.231 e. The van der Waals surface area contributed by atoms with Gasteiger partial charge in [0.05, 0.1) is 28.6 Å². The van der Waals surface area contributed by atoms with Gasteiger partial charge in [-0.15, -0.1) is 0 Å². The van der Waals surface area contributed by atoms with E-state index in [0.29, 0.717) is 16.5 Å². The van der Waals surface area contributed by atoms with E-state index in [9.17, 15) is 4.39 Å². The highest BCUT2D eigenvalue weighted by molar-refractivity contribution is 6.33. The van der Waals surface area contributed by atoms with Gasteiger partial charge in [0.2, 0.25) is 6.79 Å². The first kappa shape index (κ1) is 13.9. The van der Waals surface area contributed by atoms with Crippen LogP contribution in [0.3, 0.4) is 0 Å². The number of benzene rings is 1. The van der Waals surface area contributed by atoms with E-state index in [1.54, 1.807) is 18.2 Å². The highest BCUT2D eigenvalue weighted by atomic mass is 35.5. The summed E-state index contributed by atoms with van der Waals surface area (Å²) >= 11 is 6.24. The van der Waals surface area contributed by atoms with Crippen LogP contribution in [0.2, 0.25) is 5.02 Å². The number of halogens is 2. The van der Waals surface area contributed by atoms with Gasteiger partial charge < -0.3 is 14.8 Å². The van der Waals surface area contributed by atoms with Crippen LogP contribution >= 0.6 is 11.6 Å². The summed E-state index contributed by atoms with van der Waals surface area (Å²) in [6, 6.07) is 6.52. The molecule has 4 nitrogen and oxygen atoms in total. The summed E-state index contributed by atoms with van der Waals surface area (Å²) in [5, 5.41) is 3.85. The molecular formula is C15H14ClFN2O2. The summed E-state index contributed by atoms with van der Waals surface area (Å²) in [5.41, 5.74) is 1.49. The zero-order valence-corrected chi connectivity index (χ0v) is 12.2. The molecule has 1 aromatic heterocycles. The summed E-state index contributed by atoms with van der Waals surface area (Å²) in [4.78, 5) is 4.11. The number of anilines is 1. The lowest BCUT2D eigenvalue weighted by Gasteiger charge is -2.19. The Morgan fingerprint density at radius 3 is 2.76 bits per heavy atom. The van der Waals surface area contributed by atoms with Gasteiger partial charge in [-0.3, -0.25) is 4.98 Å². The minimum Gasteiger partial charge on any atom is -0.454 e. The molecule has 1 aromatic carbocycles. The van der Waals surface area contributed by atoms with Gasteiger partial charge in [-0.2, -0.15) is 0 Å². The maximum absolute atomic E-state index is 13.0. The number of nitrogens with zero attached hydrogens (tertiary/aromatic N) is 1. The molecule has 0 saturated heterocycles. The van der Waals surface area contributed by atoms with Gasteiger partial charge in [-0.25, -0.2) is 4.39 Å². The van der Waals surface area contributed by atoms with Crippen molar-refractivity contribution in [2.45, 2.75) is 19.4 Å². The molecule has 0 amide bonds. The third kappa shape index (κ3) is 2.88. The first-order valence-corrected chi connectivity index (χ1v) is 7.02. The fraction of sp³-hybridized carbons (Fsp3) is 0.267. The van der Waals surface area contributed by atoms with E-state index in [1.165, 1.54) is 12.3 Å². The molecule has 1 aliphatic rings. The molecule has 1 atom stereocenters. The molecule has 0 bridgehead atoms. The van der Waals surface area contributed by atoms with Crippen LogP contribution in [0.15, 0.2) is 30.5 Å². The lowest BCUT2D eigenvalue weighted by molar-refractivity contribution is 0.174. The van der Waals surface area contributed by atoms with Gasteiger partial charge in [0, 0.05) is 12.1 Å². The lowest BCUT2D eigenvalue weighted by atomic mass is 10.1. The first-order valence-electron chi connectivity index (χ1n) is 6.64. The molecule has 6 heteroatoms. The zero-order valence-electron chi connectivity index (χ0n) is 11.4. The van der Waals surface area contributed by atoms with Crippen molar-refractivity contribution >= 4 is 17.3 Å². The van der Waals surface area contributed by atoms with E-state index in [0.717, 1.165) is 17.8 Å². The second-order valence-electron chi connectivity index (χ2n) is 4.69. The summed E-state index contributed by atoms with van der Waals surface area (Å²) in [5.74, 6) is 0.942. The number of hydrogen-bond donors (Lipinski definition) is 1. The molecule has 2 aromatic rings. The molecule has 1 aliphatic heterocycles. The van der Waals surface area contributed by atoms with Crippen LogP contribution in [-0.4, -0.2) is 11.8 Å². The highest BCUT2D eigenvalue weighted by Gasteiger charge is 2.19. The zero-order chi connectivity index (χ0) is 14.8. The quantitative estimate of drug-likeness (QED) is 0.920. The van der Waals surface area contributed by atoms with Crippen LogP contribution in [0.4, 0.5) is 10.1 Å². The number of ether oxygens (including phenoxy) is 2. The molecule has 0 saturated carbocycles. The predicted octanol–water partition coefficient (Wildman–Crippen LogP) is 4.17. The number of aromatic nitrogens is 1. The van der Waals surface area contributed by atoms with E-state index in [-0.39, 0.29) is 18.7 Å². The Morgan fingerprint density at radius 2 is 2.10 bits per heavy atom. The highest BCUT2D eigenvalue weighted by Crippen LogP contribution is 2.40. The molecule has 0 fully saturated rings. The van der Waals surface area contributed by atoms with E-state index in [4.69, 9.17) is 21.1 Å². The molecule has 0 radical (unpaired) electrons. The summed E-state index contributed by atoms with van der Waals surface area (Å²) in [6.45, 7) is 2.22. The van der Waals surface area contributed by atoms with Crippen LogP contribution in [0.5, 0.6) is 11.5 Å². The van der Waals surface area contributed by atoms with Crippen molar-refractivity contribution in [3.8, 4) is 11.5 Å². The van der Waals surface area contributed by atoms with Crippen LogP contribution in [0.25, 0.3) is 0 Å². The number of hydrogen-bond acceptors (Lipinski definition) is 4. The van der Waals surface area contributed by atoms with Crippen molar-refractivity contribution in [3.63, 3.8) is 0 Å². The Bertz CT molecular complexity index is 649. The molecule has 110 valence electrons. The molecule has 1 N–H and O–H groups in total. The summed E-state index contributed by atoms with van der Waals surface area (Å²) in [7, 11) is 0. The smallest absolute Gasteiger partial charge is 0.231 e. The van der Waals surface area contributed by atoms with Crippen molar-refractivity contribution in [1.82, 2.24) is 4.98 Å². The number of rotatable bonds is 4. The standard InChI is InChI=1S/C15H14ClFN2O2/c1-2-11(12-4-3-9(17)7-18-12)19-13-6-15-14(5-10(13)16)20-8-21-15/h3-7,11,19H,2,8H2,1H3. The molecule has 21 heavy (non-hydrogen) atoms. The number of nitrogens with one attached hydrogen (secondary N) is 1. The summed E-state index contributed by atoms with van der Waals surface area (Å²) < 4.78 is 23.6. The fourth-order valence-electron chi connectivity index (χ4n) is 2.19. The van der Waals surface area contributed by atoms with Crippen LogP contribution < -0.4 is 14.8 Å². The Labute approximate surface area is 126 Å². The third-order valence-electron chi connectivity index (χ3n) is 3.31. The van der Waals surface area contributed by atoms with Crippen LogP contribution in [-0.2, 0) is 0 Å². The Hall–Kier alpha value is -2.01.